The number of urea groups is 1. The highest BCUT2D eigenvalue weighted by Gasteiger charge is 2.13. The van der Waals surface area contributed by atoms with Crippen molar-refractivity contribution in [3.63, 3.8) is 0 Å². The zero-order valence-electron chi connectivity index (χ0n) is 14.1. The minimum Gasteiger partial charge on any atom is -0.493 e. The van der Waals surface area contributed by atoms with E-state index < -0.39 is 0 Å². The zero-order chi connectivity index (χ0) is 18.2. The lowest BCUT2D eigenvalue weighted by molar-refractivity contribution is 0.196. The van der Waals surface area contributed by atoms with Gasteiger partial charge in [-0.1, -0.05) is 17.7 Å². The van der Waals surface area contributed by atoms with Crippen molar-refractivity contribution in [2.45, 2.75) is 13.0 Å². The summed E-state index contributed by atoms with van der Waals surface area (Å²) in [5, 5.41) is 15.0. The Labute approximate surface area is 151 Å². The minimum atomic E-state index is -0.325. The van der Waals surface area contributed by atoms with Crippen LogP contribution in [0.25, 0.3) is 0 Å². The van der Waals surface area contributed by atoms with Gasteiger partial charge in [0.2, 0.25) is 0 Å². The first-order chi connectivity index (χ1) is 12.0. The first-order valence-corrected chi connectivity index (χ1v) is 8.16. The summed E-state index contributed by atoms with van der Waals surface area (Å²) in [5.41, 5.74) is 1.51. The minimum absolute atomic E-state index is 0.0757. The maximum atomic E-state index is 12.1. The van der Waals surface area contributed by atoms with Gasteiger partial charge in [-0.05, 0) is 48.9 Å². The van der Waals surface area contributed by atoms with Gasteiger partial charge in [-0.3, -0.25) is 0 Å². The quantitative estimate of drug-likeness (QED) is 0.701. The van der Waals surface area contributed by atoms with Crippen LogP contribution in [-0.2, 0) is 0 Å². The van der Waals surface area contributed by atoms with Crippen LogP contribution in [0.15, 0.2) is 42.5 Å². The summed E-state index contributed by atoms with van der Waals surface area (Å²) in [7, 11) is 1.54. The predicted octanol–water partition coefficient (Wildman–Crippen LogP) is 3.60. The molecule has 0 radical (unpaired) electrons. The predicted molar refractivity (Wildman–Crippen MR) is 97.6 cm³/mol. The summed E-state index contributed by atoms with van der Waals surface area (Å²) in [6.45, 7) is 1.98. The highest BCUT2D eigenvalue weighted by Crippen LogP contribution is 2.30. The van der Waals surface area contributed by atoms with Crippen molar-refractivity contribution >= 4 is 23.3 Å². The van der Waals surface area contributed by atoms with Crippen LogP contribution in [0, 0.1) is 0 Å². The fourth-order valence-electron chi connectivity index (χ4n) is 2.21. The third-order valence-electron chi connectivity index (χ3n) is 3.49. The van der Waals surface area contributed by atoms with Crippen LogP contribution in [0.2, 0.25) is 5.02 Å². The van der Waals surface area contributed by atoms with Crippen molar-refractivity contribution < 1.29 is 19.4 Å². The molecule has 2 aromatic rings. The number of nitrogens with one attached hydrogen (secondary N) is 2. The Morgan fingerprint density at radius 2 is 1.92 bits per heavy atom. The number of aliphatic hydroxyl groups is 1. The number of aliphatic hydroxyl groups excluding tert-OH is 1. The van der Waals surface area contributed by atoms with E-state index >= 15 is 0 Å². The molecule has 0 fully saturated rings. The lowest BCUT2D eigenvalue weighted by atomic mass is 10.1. The molecule has 1 unspecified atom stereocenters. The van der Waals surface area contributed by atoms with Crippen LogP contribution in [0.5, 0.6) is 11.5 Å². The molecule has 1 atom stereocenters. The number of anilines is 1. The molecule has 6 nitrogen and oxygen atoms in total. The number of benzene rings is 2. The monoisotopic (exact) mass is 364 g/mol. The third kappa shape index (κ3) is 5.55. The molecule has 3 N–H and O–H groups in total. The molecule has 25 heavy (non-hydrogen) atoms. The number of methoxy groups -OCH3 is 1. The molecule has 134 valence electrons. The lowest BCUT2D eigenvalue weighted by Gasteiger charge is -2.17. The Morgan fingerprint density at radius 3 is 2.56 bits per heavy atom. The van der Waals surface area contributed by atoms with E-state index in [0.717, 1.165) is 5.56 Å². The summed E-state index contributed by atoms with van der Waals surface area (Å²) in [5.74, 6) is 1.08. The lowest BCUT2D eigenvalue weighted by Crippen LogP contribution is -2.31. The number of amides is 2. The largest absolute Gasteiger partial charge is 0.493 e. The Morgan fingerprint density at radius 1 is 1.20 bits per heavy atom. The number of carbonyl (C=O) groups excluding carboxylic acids is 1. The molecule has 2 aromatic carbocycles. The molecule has 7 heteroatoms. The molecule has 0 aliphatic heterocycles. The molecule has 2 amide bonds. The summed E-state index contributed by atoms with van der Waals surface area (Å²) in [6.07, 6.45) is 0. The van der Waals surface area contributed by atoms with Gasteiger partial charge in [-0.25, -0.2) is 4.79 Å². The second kappa shape index (κ2) is 9.15. The van der Waals surface area contributed by atoms with Gasteiger partial charge in [-0.15, -0.1) is 0 Å². The number of carbonyl (C=O) groups is 1. The van der Waals surface area contributed by atoms with E-state index in [0.29, 0.717) is 22.2 Å². The van der Waals surface area contributed by atoms with Gasteiger partial charge in [0, 0.05) is 10.7 Å². The van der Waals surface area contributed by atoms with E-state index in [1.54, 1.807) is 36.4 Å². The van der Waals surface area contributed by atoms with Gasteiger partial charge in [0.15, 0.2) is 11.5 Å². The average molecular weight is 365 g/mol. The Bertz CT molecular complexity index is 707. The molecular formula is C18H21ClN2O4. The van der Waals surface area contributed by atoms with E-state index in [4.69, 9.17) is 26.2 Å². The second-order valence-corrected chi connectivity index (χ2v) is 5.75. The van der Waals surface area contributed by atoms with Gasteiger partial charge in [0.25, 0.3) is 0 Å². The highest BCUT2D eigenvalue weighted by molar-refractivity contribution is 6.30. The van der Waals surface area contributed by atoms with Crippen molar-refractivity contribution in [2.24, 2.45) is 0 Å². The summed E-state index contributed by atoms with van der Waals surface area (Å²) >= 11 is 5.82. The van der Waals surface area contributed by atoms with Crippen molar-refractivity contribution in [1.82, 2.24) is 5.32 Å². The smallest absolute Gasteiger partial charge is 0.319 e. The summed E-state index contributed by atoms with van der Waals surface area (Å²) in [4.78, 5) is 12.1. The standard InChI is InChI=1S/C18H21ClN2O4/c1-12(20-18(23)21-15-6-4-14(19)5-7-15)13-3-8-16(25-10-9-22)17(11-13)24-2/h3-8,11-12,22H,9-10H2,1-2H3,(H2,20,21,23). The van der Waals surface area contributed by atoms with Crippen molar-refractivity contribution in [3.05, 3.63) is 53.1 Å². The van der Waals surface area contributed by atoms with E-state index in [-0.39, 0.29) is 25.3 Å². The Hall–Kier alpha value is -2.44. The Balaban J connectivity index is 2.00. The molecule has 0 aliphatic carbocycles. The fourth-order valence-corrected chi connectivity index (χ4v) is 2.33. The van der Waals surface area contributed by atoms with Crippen LogP contribution >= 0.6 is 11.6 Å². The van der Waals surface area contributed by atoms with Crippen LogP contribution in [0.3, 0.4) is 0 Å². The Kier molecular flexibility index (Phi) is 6.91. The highest BCUT2D eigenvalue weighted by atomic mass is 35.5. The fraction of sp³-hybridized carbons (Fsp3) is 0.278. The second-order valence-electron chi connectivity index (χ2n) is 5.31. The molecule has 0 saturated carbocycles. The van der Waals surface area contributed by atoms with Crippen molar-refractivity contribution in [1.29, 1.82) is 0 Å². The van der Waals surface area contributed by atoms with Crippen molar-refractivity contribution in [2.75, 3.05) is 25.6 Å². The molecule has 2 rings (SSSR count). The molecule has 0 bridgehead atoms. The van der Waals surface area contributed by atoms with Crippen LogP contribution < -0.4 is 20.1 Å². The zero-order valence-corrected chi connectivity index (χ0v) is 14.8. The van der Waals surface area contributed by atoms with Gasteiger partial charge >= 0.3 is 6.03 Å². The van der Waals surface area contributed by atoms with Gasteiger partial charge in [0.05, 0.1) is 19.8 Å². The third-order valence-corrected chi connectivity index (χ3v) is 3.74. The van der Waals surface area contributed by atoms with Crippen LogP contribution in [0.1, 0.15) is 18.5 Å². The average Bonchev–Trinajstić information content (AvgIpc) is 2.61. The van der Waals surface area contributed by atoms with Crippen LogP contribution in [0.4, 0.5) is 10.5 Å². The maximum Gasteiger partial charge on any atom is 0.319 e. The molecule has 0 saturated heterocycles. The number of rotatable bonds is 7. The first kappa shape index (κ1) is 18.9. The van der Waals surface area contributed by atoms with Gasteiger partial charge < -0.3 is 25.2 Å². The molecule has 0 heterocycles. The molecule has 0 aliphatic rings. The number of hydrogen-bond donors (Lipinski definition) is 3. The van der Waals surface area contributed by atoms with Crippen molar-refractivity contribution in [3.8, 4) is 11.5 Å². The first-order valence-electron chi connectivity index (χ1n) is 7.78. The summed E-state index contributed by atoms with van der Waals surface area (Å²) in [6, 6.07) is 11.7. The topological polar surface area (TPSA) is 79.8 Å². The molecular weight excluding hydrogens is 344 g/mol. The SMILES string of the molecule is COc1cc(C(C)NC(=O)Nc2ccc(Cl)cc2)ccc1OCCO. The molecule has 0 spiro atoms. The van der Waals surface area contributed by atoms with E-state index in [1.165, 1.54) is 7.11 Å². The van der Waals surface area contributed by atoms with E-state index in [9.17, 15) is 4.79 Å². The van der Waals surface area contributed by atoms with E-state index in [1.807, 2.05) is 13.0 Å². The summed E-state index contributed by atoms with van der Waals surface area (Å²) < 4.78 is 10.7. The van der Waals surface area contributed by atoms with Gasteiger partial charge in [0.1, 0.15) is 6.61 Å². The maximum absolute atomic E-state index is 12.1. The molecule has 0 aromatic heterocycles. The number of hydrogen-bond acceptors (Lipinski definition) is 4. The van der Waals surface area contributed by atoms with Crippen LogP contribution in [-0.4, -0.2) is 31.5 Å². The normalized spacial score (nSPS) is 11.5. The number of ether oxygens (including phenoxy) is 2. The van der Waals surface area contributed by atoms with Gasteiger partial charge in [-0.2, -0.15) is 0 Å². The van der Waals surface area contributed by atoms with E-state index in [2.05, 4.69) is 10.6 Å². The number of halogens is 1.